The molecule has 0 aromatic heterocycles. The van der Waals surface area contributed by atoms with Gasteiger partial charge in [-0.1, -0.05) is 0 Å². The highest BCUT2D eigenvalue weighted by Gasteiger charge is 2.24. The highest BCUT2D eigenvalue weighted by Crippen LogP contribution is 2.32. The van der Waals surface area contributed by atoms with E-state index in [1.807, 2.05) is 18.2 Å². The summed E-state index contributed by atoms with van der Waals surface area (Å²) in [5.74, 6) is 1.71. The lowest BCUT2D eigenvalue weighted by molar-refractivity contribution is 0.174. The molecule has 0 spiro atoms. The van der Waals surface area contributed by atoms with E-state index in [-0.39, 0.29) is 6.04 Å². The molecule has 1 heterocycles. The molecule has 3 N–H and O–H groups in total. The standard InChI is InChI=1S/C14H23N3O2/c1-18-11-3-4-14(19-2)12(9-11)13(10-15)17-7-5-16-6-8-17/h3-4,9,13,16H,5-8,10,15H2,1-2H3. The first-order valence-corrected chi connectivity index (χ1v) is 6.67. The second-order valence-electron chi connectivity index (χ2n) is 4.65. The zero-order valence-corrected chi connectivity index (χ0v) is 11.7. The number of piperazine rings is 1. The lowest BCUT2D eigenvalue weighted by Gasteiger charge is -2.35. The number of nitrogens with zero attached hydrogens (tertiary/aromatic N) is 1. The van der Waals surface area contributed by atoms with E-state index in [9.17, 15) is 0 Å². The highest BCUT2D eigenvalue weighted by atomic mass is 16.5. The average Bonchev–Trinajstić information content (AvgIpc) is 2.49. The molecule has 1 saturated heterocycles. The summed E-state index contributed by atoms with van der Waals surface area (Å²) in [4.78, 5) is 2.40. The van der Waals surface area contributed by atoms with Crippen LogP contribution in [0.4, 0.5) is 0 Å². The summed E-state index contributed by atoms with van der Waals surface area (Å²) in [5, 5.41) is 3.36. The molecule has 0 amide bonds. The third kappa shape index (κ3) is 3.18. The maximum atomic E-state index is 5.99. The van der Waals surface area contributed by atoms with Crippen molar-refractivity contribution in [3.8, 4) is 11.5 Å². The second-order valence-corrected chi connectivity index (χ2v) is 4.65. The van der Waals surface area contributed by atoms with E-state index < -0.39 is 0 Å². The Morgan fingerprint density at radius 1 is 1.26 bits per heavy atom. The predicted molar refractivity (Wildman–Crippen MR) is 75.8 cm³/mol. The molecule has 2 rings (SSSR count). The van der Waals surface area contributed by atoms with E-state index in [2.05, 4.69) is 10.2 Å². The van der Waals surface area contributed by atoms with Gasteiger partial charge in [0.2, 0.25) is 0 Å². The third-order valence-corrected chi connectivity index (χ3v) is 3.61. The van der Waals surface area contributed by atoms with Crippen molar-refractivity contribution in [3.63, 3.8) is 0 Å². The van der Waals surface area contributed by atoms with Crippen LogP contribution >= 0.6 is 0 Å². The van der Waals surface area contributed by atoms with Gasteiger partial charge in [-0.05, 0) is 18.2 Å². The summed E-state index contributed by atoms with van der Waals surface area (Å²) < 4.78 is 10.8. The minimum absolute atomic E-state index is 0.173. The molecule has 5 heteroatoms. The first kappa shape index (κ1) is 14.1. The van der Waals surface area contributed by atoms with E-state index in [1.54, 1.807) is 14.2 Å². The molecule has 1 aromatic carbocycles. The Morgan fingerprint density at radius 2 is 2.00 bits per heavy atom. The monoisotopic (exact) mass is 265 g/mol. The summed E-state index contributed by atoms with van der Waals surface area (Å²) in [5.41, 5.74) is 7.10. The molecule has 106 valence electrons. The van der Waals surface area contributed by atoms with Gasteiger partial charge in [0, 0.05) is 38.3 Å². The van der Waals surface area contributed by atoms with Gasteiger partial charge in [0.25, 0.3) is 0 Å². The number of hydrogen-bond donors (Lipinski definition) is 2. The molecule has 1 aliphatic heterocycles. The van der Waals surface area contributed by atoms with Crippen molar-refractivity contribution in [1.29, 1.82) is 0 Å². The molecule has 1 unspecified atom stereocenters. The van der Waals surface area contributed by atoms with Gasteiger partial charge < -0.3 is 20.5 Å². The van der Waals surface area contributed by atoms with Crippen LogP contribution in [0.25, 0.3) is 0 Å². The molecule has 0 saturated carbocycles. The largest absolute Gasteiger partial charge is 0.497 e. The number of methoxy groups -OCH3 is 2. The summed E-state index contributed by atoms with van der Waals surface area (Å²) >= 11 is 0. The molecule has 1 aromatic rings. The fraction of sp³-hybridized carbons (Fsp3) is 0.571. The van der Waals surface area contributed by atoms with Crippen LogP contribution in [0.5, 0.6) is 11.5 Å². The van der Waals surface area contributed by atoms with Gasteiger partial charge >= 0.3 is 0 Å². The van der Waals surface area contributed by atoms with Crippen LogP contribution in [0.1, 0.15) is 11.6 Å². The Kier molecular flexibility index (Phi) is 5.01. The molecule has 1 atom stereocenters. The number of rotatable bonds is 5. The van der Waals surface area contributed by atoms with Crippen LogP contribution in [0.15, 0.2) is 18.2 Å². The van der Waals surface area contributed by atoms with Gasteiger partial charge in [0.05, 0.1) is 20.3 Å². The topological polar surface area (TPSA) is 59.8 Å². The van der Waals surface area contributed by atoms with Crippen LogP contribution in [-0.4, -0.2) is 51.8 Å². The predicted octanol–water partition coefficient (Wildman–Crippen LogP) is 0.609. The highest BCUT2D eigenvalue weighted by molar-refractivity contribution is 5.42. The van der Waals surface area contributed by atoms with Crippen LogP contribution in [0, 0.1) is 0 Å². The normalized spacial score (nSPS) is 18.1. The Hall–Kier alpha value is -1.30. The number of ether oxygens (including phenoxy) is 2. The molecule has 1 aliphatic rings. The Morgan fingerprint density at radius 3 is 2.58 bits per heavy atom. The van der Waals surface area contributed by atoms with Gasteiger partial charge in [-0.25, -0.2) is 0 Å². The van der Waals surface area contributed by atoms with Crippen molar-refractivity contribution in [1.82, 2.24) is 10.2 Å². The first-order valence-electron chi connectivity index (χ1n) is 6.67. The molecule has 0 aliphatic carbocycles. The molecular weight excluding hydrogens is 242 g/mol. The van der Waals surface area contributed by atoms with Crippen LogP contribution in [0.2, 0.25) is 0 Å². The molecule has 0 radical (unpaired) electrons. The fourth-order valence-corrected chi connectivity index (χ4v) is 2.57. The average molecular weight is 265 g/mol. The Bertz CT molecular complexity index is 406. The van der Waals surface area contributed by atoms with Crippen molar-refractivity contribution in [3.05, 3.63) is 23.8 Å². The second kappa shape index (κ2) is 6.75. The lowest BCUT2D eigenvalue weighted by Crippen LogP contribution is -2.47. The molecule has 1 fully saturated rings. The van der Waals surface area contributed by atoms with Gasteiger partial charge in [0.15, 0.2) is 0 Å². The van der Waals surface area contributed by atoms with E-state index in [0.29, 0.717) is 6.54 Å². The molecule has 19 heavy (non-hydrogen) atoms. The minimum atomic E-state index is 0.173. The number of hydrogen-bond acceptors (Lipinski definition) is 5. The maximum Gasteiger partial charge on any atom is 0.123 e. The van der Waals surface area contributed by atoms with E-state index >= 15 is 0 Å². The van der Waals surface area contributed by atoms with Gasteiger partial charge in [-0.15, -0.1) is 0 Å². The smallest absolute Gasteiger partial charge is 0.123 e. The number of benzene rings is 1. The fourth-order valence-electron chi connectivity index (χ4n) is 2.57. The minimum Gasteiger partial charge on any atom is -0.497 e. The van der Waals surface area contributed by atoms with Gasteiger partial charge in [-0.2, -0.15) is 0 Å². The van der Waals surface area contributed by atoms with Crippen molar-refractivity contribution >= 4 is 0 Å². The quantitative estimate of drug-likeness (QED) is 0.817. The Labute approximate surface area is 114 Å². The first-order chi connectivity index (χ1) is 9.30. The van der Waals surface area contributed by atoms with E-state index in [1.165, 1.54) is 0 Å². The SMILES string of the molecule is COc1ccc(OC)c(C(CN)N2CCNCC2)c1. The summed E-state index contributed by atoms with van der Waals surface area (Å²) in [7, 11) is 3.37. The summed E-state index contributed by atoms with van der Waals surface area (Å²) in [6, 6.07) is 6.05. The number of nitrogens with one attached hydrogen (secondary N) is 1. The van der Waals surface area contributed by atoms with Gasteiger partial charge in [0.1, 0.15) is 11.5 Å². The molecule has 5 nitrogen and oxygen atoms in total. The summed E-state index contributed by atoms with van der Waals surface area (Å²) in [6.07, 6.45) is 0. The van der Waals surface area contributed by atoms with Crippen LogP contribution in [-0.2, 0) is 0 Å². The van der Waals surface area contributed by atoms with Crippen molar-refractivity contribution in [2.75, 3.05) is 46.9 Å². The molecular formula is C14H23N3O2. The summed E-state index contributed by atoms with van der Waals surface area (Å²) in [6.45, 7) is 4.58. The van der Waals surface area contributed by atoms with Crippen LogP contribution < -0.4 is 20.5 Å². The van der Waals surface area contributed by atoms with Crippen molar-refractivity contribution < 1.29 is 9.47 Å². The van der Waals surface area contributed by atoms with E-state index in [0.717, 1.165) is 43.2 Å². The molecule has 0 bridgehead atoms. The number of nitrogens with two attached hydrogens (primary N) is 1. The zero-order chi connectivity index (χ0) is 13.7. The van der Waals surface area contributed by atoms with Crippen LogP contribution in [0.3, 0.4) is 0 Å². The van der Waals surface area contributed by atoms with Crippen molar-refractivity contribution in [2.45, 2.75) is 6.04 Å². The zero-order valence-electron chi connectivity index (χ0n) is 11.7. The lowest BCUT2D eigenvalue weighted by atomic mass is 10.0. The Balaban J connectivity index is 2.29. The van der Waals surface area contributed by atoms with E-state index in [4.69, 9.17) is 15.2 Å². The van der Waals surface area contributed by atoms with Crippen molar-refractivity contribution in [2.24, 2.45) is 5.73 Å². The maximum absolute atomic E-state index is 5.99. The third-order valence-electron chi connectivity index (χ3n) is 3.61. The van der Waals surface area contributed by atoms with Gasteiger partial charge in [-0.3, -0.25) is 4.90 Å².